The predicted octanol–water partition coefficient (Wildman–Crippen LogP) is 4.33. The van der Waals surface area contributed by atoms with Gasteiger partial charge in [-0.1, -0.05) is 11.6 Å². The first-order valence-electron chi connectivity index (χ1n) is 10.8. The van der Waals surface area contributed by atoms with Crippen molar-refractivity contribution in [1.29, 1.82) is 0 Å². The third-order valence-corrected chi connectivity index (χ3v) is 6.37. The second kappa shape index (κ2) is 8.75. The normalized spacial score (nSPS) is 14.0. The van der Waals surface area contributed by atoms with Crippen LogP contribution in [0.2, 0.25) is 5.02 Å². The molecule has 1 aliphatic heterocycles. The largest absolute Gasteiger partial charge is 0.495 e. The minimum absolute atomic E-state index is 0.0546. The molecular formula is C25H24ClN5O2. The van der Waals surface area contributed by atoms with Gasteiger partial charge in [-0.3, -0.25) is 9.78 Å². The summed E-state index contributed by atoms with van der Waals surface area (Å²) in [5, 5.41) is 0.565. The smallest absolute Gasteiger partial charge is 0.254 e. The molecule has 0 unspecified atom stereocenters. The van der Waals surface area contributed by atoms with Gasteiger partial charge in [-0.15, -0.1) is 0 Å². The van der Waals surface area contributed by atoms with Gasteiger partial charge in [0.25, 0.3) is 5.91 Å². The number of ether oxygens (including phenoxy) is 1. The molecule has 0 spiro atoms. The van der Waals surface area contributed by atoms with E-state index < -0.39 is 0 Å². The molecule has 1 fully saturated rings. The zero-order valence-corrected chi connectivity index (χ0v) is 19.3. The Balaban J connectivity index is 1.34. The van der Waals surface area contributed by atoms with Crippen molar-refractivity contribution in [2.75, 3.05) is 38.2 Å². The number of amides is 1. The summed E-state index contributed by atoms with van der Waals surface area (Å²) in [4.78, 5) is 25.7. The number of hydrogen-bond acceptors (Lipinski definition) is 5. The van der Waals surface area contributed by atoms with Crippen LogP contribution in [0, 0.1) is 6.92 Å². The molecule has 7 nitrogen and oxygen atoms in total. The van der Waals surface area contributed by atoms with Gasteiger partial charge >= 0.3 is 0 Å². The van der Waals surface area contributed by atoms with Crippen LogP contribution < -0.4 is 9.64 Å². The summed E-state index contributed by atoms with van der Waals surface area (Å²) in [5.74, 6) is 0.712. The summed E-state index contributed by atoms with van der Waals surface area (Å²) in [6.45, 7) is 4.92. The molecule has 1 aromatic carbocycles. The number of nitrogens with zero attached hydrogens (tertiary/aromatic N) is 5. The van der Waals surface area contributed by atoms with Gasteiger partial charge in [0, 0.05) is 73.8 Å². The number of halogens is 1. The van der Waals surface area contributed by atoms with Crippen LogP contribution in [-0.2, 0) is 0 Å². The monoisotopic (exact) mass is 461 g/mol. The van der Waals surface area contributed by atoms with Crippen molar-refractivity contribution in [1.82, 2.24) is 19.3 Å². The molecule has 5 rings (SSSR count). The summed E-state index contributed by atoms with van der Waals surface area (Å²) in [7, 11) is 1.61. The molecule has 0 bridgehead atoms. The van der Waals surface area contributed by atoms with Gasteiger partial charge < -0.3 is 18.9 Å². The highest BCUT2D eigenvalue weighted by atomic mass is 35.5. The van der Waals surface area contributed by atoms with E-state index in [1.165, 1.54) is 0 Å². The molecule has 4 heterocycles. The Hall–Kier alpha value is -3.58. The molecule has 4 aromatic rings. The van der Waals surface area contributed by atoms with Gasteiger partial charge in [-0.2, -0.15) is 0 Å². The molecular weight excluding hydrogens is 438 g/mol. The number of carbonyl (C=O) groups is 1. The second-order valence-electron chi connectivity index (χ2n) is 8.09. The number of pyridine rings is 2. The lowest BCUT2D eigenvalue weighted by atomic mass is 10.1. The van der Waals surface area contributed by atoms with Crippen LogP contribution in [0.15, 0.2) is 61.2 Å². The van der Waals surface area contributed by atoms with Gasteiger partial charge in [0.1, 0.15) is 11.4 Å². The number of aryl methyl sites for hydroxylation is 1. The second-order valence-corrected chi connectivity index (χ2v) is 8.50. The summed E-state index contributed by atoms with van der Waals surface area (Å²) in [5.41, 5.74) is 5.54. The predicted molar refractivity (Wildman–Crippen MR) is 129 cm³/mol. The lowest BCUT2D eigenvalue weighted by Crippen LogP contribution is -2.48. The van der Waals surface area contributed by atoms with E-state index in [-0.39, 0.29) is 5.91 Å². The van der Waals surface area contributed by atoms with Crippen LogP contribution in [0.1, 0.15) is 15.9 Å². The zero-order valence-electron chi connectivity index (χ0n) is 18.5. The van der Waals surface area contributed by atoms with Gasteiger partial charge in [-0.25, -0.2) is 4.98 Å². The lowest BCUT2D eigenvalue weighted by molar-refractivity contribution is 0.0746. The number of aromatic nitrogens is 3. The number of hydrogen-bond donors (Lipinski definition) is 0. The highest BCUT2D eigenvalue weighted by Gasteiger charge is 2.22. The fourth-order valence-corrected chi connectivity index (χ4v) is 4.47. The summed E-state index contributed by atoms with van der Waals surface area (Å²) in [6, 6.07) is 11.5. The van der Waals surface area contributed by atoms with Crippen molar-refractivity contribution >= 4 is 28.8 Å². The number of carbonyl (C=O) groups excluding carboxylic acids is 1. The Morgan fingerprint density at radius 1 is 1.06 bits per heavy atom. The van der Waals surface area contributed by atoms with E-state index in [1.54, 1.807) is 31.6 Å². The topological polar surface area (TPSA) is 63.0 Å². The van der Waals surface area contributed by atoms with Crippen LogP contribution in [-0.4, -0.2) is 58.5 Å². The number of fused-ring (bicyclic) bond motifs is 1. The highest BCUT2D eigenvalue weighted by molar-refractivity contribution is 6.32. The lowest BCUT2D eigenvalue weighted by Gasteiger charge is -2.36. The molecule has 33 heavy (non-hydrogen) atoms. The van der Waals surface area contributed by atoms with E-state index >= 15 is 0 Å². The molecule has 0 aliphatic carbocycles. The van der Waals surface area contributed by atoms with E-state index in [4.69, 9.17) is 21.3 Å². The Labute approximate surface area is 197 Å². The van der Waals surface area contributed by atoms with Gasteiger partial charge in [0.05, 0.1) is 17.8 Å². The van der Waals surface area contributed by atoms with Crippen molar-refractivity contribution in [3.63, 3.8) is 0 Å². The number of rotatable bonds is 4. The number of piperazine rings is 1. The van der Waals surface area contributed by atoms with Crippen LogP contribution in [0.25, 0.3) is 16.9 Å². The first kappa shape index (κ1) is 21.3. The Morgan fingerprint density at radius 3 is 2.55 bits per heavy atom. The van der Waals surface area contributed by atoms with E-state index in [0.717, 1.165) is 41.2 Å². The molecule has 1 saturated heterocycles. The summed E-state index contributed by atoms with van der Waals surface area (Å²) in [6.07, 6.45) is 7.34. The van der Waals surface area contributed by atoms with Gasteiger partial charge in [0.15, 0.2) is 0 Å². The first-order valence-corrected chi connectivity index (χ1v) is 11.2. The third kappa shape index (κ3) is 4.12. The van der Waals surface area contributed by atoms with Crippen molar-refractivity contribution in [3.05, 3.63) is 77.3 Å². The van der Waals surface area contributed by atoms with E-state index in [1.807, 2.05) is 40.8 Å². The first-order chi connectivity index (χ1) is 16.0. The Bertz CT molecular complexity index is 1310. The number of methoxy groups -OCH3 is 1. The number of imidazole rings is 1. The maximum atomic E-state index is 12.7. The molecule has 1 amide bonds. The third-order valence-electron chi connectivity index (χ3n) is 6.08. The molecule has 3 aromatic heterocycles. The fraction of sp³-hybridized carbons (Fsp3) is 0.240. The standard InChI is InChI=1S/C25H24ClN5O2/c1-17-13-23(33-2)21(26)15-20(17)22-16-31-8-5-19(14-24(31)28-22)29-9-11-30(12-10-29)25(32)18-3-6-27-7-4-18/h3-8,13-16H,9-12H2,1-2H3. The van der Waals surface area contributed by atoms with Gasteiger partial charge in [0.2, 0.25) is 0 Å². The molecule has 0 saturated carbocycles. The zero-order chi connectivity index (χ0) is 22.9. The van der Waals surface area contributed by atoms with Crippen molar-refractivity contribution < 1.29 is 9.53 Å². The number of anilines is 1. The van der Waals surface area contributed by atoms with E-state index in [0.29, 0.717) is 29.4 Å². The van der Waals surface area contributed by atoms with Gasteiger partial charge in [-0.05, 0) is 42.8 Å². The average Bonchev–Trinajstić information content (AvgIpc) is 3.28. The maximum absolute atomic E-state index is 12.7. The molecule has 1 aliphatic rings. The average molecular weight is 462 g/mol. The van der Waals surface area contributed by atoms with Crippen molar-refractivity contribution in [3.8, 4) is 17.0 Å². The van der Waals surface area contributed by atoms with Crippen molar-refractivity contribution in [2.24, 2.45) is 0 Å². The molecule has 0 radical (unpaired) electrons. The van der Waals surface area contributed by atoms with E-state index in [2.05, 4.69) is 22.0 Å². The van der Waals surface area contributed by atoms with Crippen LogP contribution >= 0.6 is 11.6 Å². The van der Waals surface area contributed by atoms with E-state index in [9.17, 15) is 4.79 Å². The minimum atomic E-state index is 0.0546. The Morgan fingerprint density at radius 2 is 1.82 bits per heavy atom. The molecule has 0 N–H and O–H groups in total. The van der Waals surface area contributed by atoms with Crippen LogP contribution in [0.4, 0.5) is 5.69 Å². The SMILES string of the molecule is COc1cc(C)c(-c2cn3ccc(N4CCN(C(=O)c5ccncc5)CC4)cc3n2)cc1Cl. The summed E-state index contributed by atoms with van der Waals surface area (Å²) < 4.78 is 7.33. The van der Waals surface area contributed by atoms with Crippen LogP contribution in [0.3, 0.4) is 0 Å². The Kier molecular flexibility index (Phi) is 5.64. The summed E-state index contributed by atoms with van der Waals surface area (Å²) >= 11 is 6.35. The molecule has 168 valence electrons. The fourth-order valence-electron chi connectivity index (χ4n) is 4.23. The molecule has 8 heteroatoms. The molecule has 0 atom stereocenters. The highest BCUT2D eigenvalue weighted by Crippen LogP contribution is 2.33. The van der Waals surface area contributed by atoms with Crippen molar-refractivity contribution in [2.45, 2.75) is 6.92 Å². The maximum Gasteiger partial charge on any atom is 0.254 e. The minimum Gasteiger partial charge on any atom is -0.495 e. The van der Waals surface area contributed by atoms with Crippen LogP contribution in [0.5, 0.6) is 5.75 Å². The quantitative estimate of drug-likeness (QED) is 0.452. The number of benzene rings is 1.